The van der Waals surface area contributed by atoms with Crippen molar-refractivity contribution in [1.29, 1.82) is 0 Å². The Morgan fingerprint density at radius 1 is 1.23 bits per heavy atom. The third-order valence-electron chi connectivity index (χ3n) is 4.28. The summed E-state index contributed by atoms with van der Waals surface area (Å²) in [7, 11) is 0. The zero-order valence-corrected chi connectivity index (χ0v) is 13.8. The van der Waals surface area contributed by atoms with Gasteiger partial charge in [-0.3, -0.25) is 9.88 Å². The number of aliphatic hydroxyl groups is 1. The first-order valence-corrected chi connectivity index (χ1v) is 8.74. The predicted octanol–water partition coefficient (Wildman–Crippen LogP) is 3.03. The van der Waals surface area contributed by atoms with Crippen molar-refractivity contribution >= 4 is 11.8 Å². The third-order valence-corrected chi connectivity index (χ3v) is 5.42. The fourth-order valence-electron chi connectivity index (χ4n) is 2.90. The Labute approximate surface area is 136 Å². The number of thioether (sulfide) groups is 1. The van der Waals surface area contributed by atoms with Gasteiger partial charge in [0.2, 0.25) is 0 Å². The van der Waals surface area contributed by atoms with Gasteiger partial charge in [0.15, 0.2) is 0 Å². The van der Waals surface area contributed by atoms with E-state index >= 15 is 0 Å². The molecule has 3 rings (SSSR count). The van der Waals surface area contributed by atoms with Crippen LogP contribution in [0.2, 0.25) is 0 Å². The lowest BCUT2D eigenvalue weighted by molar-refractivity contribution is 0.270. The molecule has 116 valence electrons. The summed E-state index contributed by atoms with van der Waals surface area (Å²) < 4.78 is 0. The molecule has 1 aromatic heterocycles. The highest BCUT2D eigenvalue weighted by atomic mass is 32.2. The molecule has 0 fully saturated rings. The number of benzene rings is 1. The summed E-state index contributed by atoms with van der Waals surface area (Å²) in [6, 6.07) is 10.8. The lowest BCUT2D eigenvalue weighted by atomic mass is 10.0. The molecule has 0 aliphatic carbocycles. The summed E-state index contributed by atoms with van der Waals surface area (Å²) >= 11 is 1.86. The van der Waals surface area contributed by atoms with Crippen molar-refractivity contribution < 1.29 is 5.11 Å². The summed E-state index contributed by atoms with van der Waals surface area (Å²) in [6.45, 7) is 5.36. The molecule has 0 unspecified atom stereocenters. The first kappa shape index (κ1) is 15.5. The van der Waals surface area contributed by atoms with Crippen LogP contribution in [0.4, 0.5) is 0 Å². The van der Waals surface area contributed by atoms with E-state index in [2.05, 4.69) is 34.1 Å². The normalized spacial score (nSPS) is 14.8. The molecule has 0 bridgehead atoms. The number of fused-ring (bicyclic) bond motifs is 1. The number of aliphatic hydroxyl groups excluding tert-OH is 1. The number of hydrogen-bond donors (Lipinski definition) is 1. The molecule has 1 aliphatic rings. The summed E-state index contributed by atoms with van der Waals surface area (Å²) in [6.07, 6.45) is 2.95. The second kappa shape index (κ2) is 7.27. The zero-order chi connectivity index (χ0) is 15.4. The second-order valence-corrected chi connectivity index (χ2v) is 6.82. The average molecular weight is 314 g/mol. The van der Waals surface area contributed by atoms with E-state index in [1.165, 1.54) is 16.0 Å². The maximum Gasteiger partial charge on any atom is 0.0856 e. The summed E-state index contributed by atoms with van der Waals surface area (Å²) in [5, 5.41) is 9.29. The maximum absolute atomic E-state index is 9.29. The van der Waals surface area contributed by atoms with Crippen LogP contribution in [-0.2, 0) is 19.6 Å². The van der Waals surface area contributed by atoms with Crippen LogP contribution in [-0.4, -0.2) is 33.8 Å². The first-order chi connectivity index (χ1) is 10.8. The van der Waals surface area contributed by atoms with Crippen LogP contribution >= 0.6 is 11.8 Å². The summed E-state index contributed by atoms with van der Waals surface area (Å²) in [4.78, 5) is 7.97. The van der Waals surface area contributed by atoms with Gasteiger partial charge in [-0.2, -0.15) is 0 Å². The van der Waals surface area contributed by atoms with E-state index in [-0.39, 0.29) is 6.61 Å². The maximum atomic E-state index is 9.29. The van der Waals surface area contributed by atoms with Gasteiger partial charge in [-0.1, -0.05) is 24.3 Å². The SMILES string of the molecule is Cc1c(SCCN2CCc3ccccc3C2)ccnc1CO. The summed E-state index contributed by atoms with van der Waals surface area (Å²) in [5.41, 5.74) is 4.88. The highest BCUT2D eigenvalue weighted by molar-refractivity contribution is 7.99. The molecule has 0 spiro atoms. The van der Waals surface area contributed by atoms with Gasteiger partial charge in [-0.05, 0) is 36.1 Å². The van der Waals surface area contributed by atoms with Crippen LogP contribution in [0, 0.1) is 6.92 Å². The lowest BCUT2D eigenvalue weighted by Crippen LogP contribution is -2.32. The van der Waals surface area contributed by atoms with Crippen molar-refractivity contribution in [3.63, 3.8) is 0 Å². The third kappa shape index (κ3) is 3.51. The Kier molecular flexibility index (Phi) is 5.13. The van der Waals surface area contributed by atoms with Crippen LogP contribution in [0.3, 0.4) is 0 Å². The molecule has 22 heavy (non-hydrogen) atoms. The Bertz CT molecular complexity index is 645. The minimum Gasteiger partial charge on any atom is -0.390 e. The van der Waals surface area contributed by atoms with Crippen molar-refractivity contribution in [2.24, 2.45) is 0 Å². The van der Waals surface area contributed by atoms with Gasteiger partial charge >= 0.3 is 0 Å². The van der Waals surface area contributed by atoms with Crippen LogP contribution in [0.5, 0.6) is 0 Å². The van der Waals surface area contributed by atoms with E-state index in [0.717, 1.165) is 43.1 Å². The highest BCUT2D eigenvalue weighted by Gasteiger charge is 2.15. The van der Waals surface area contributed by atoms with E-state index in [9.17, 15) is 5.11 Å². The Morgan fingerprint density at radius 3 is 2.86 bits per heavy atom. The fourth-order valence-corrected chi connectivity index (χ4v) is 3.97. The molecule has 0 atom stereocenters. The molecule has 2 aromatic rings. The molecule has 0 saturated heterocycles. The minimum atomic E-state index is 0.0170. The van der Waals surface area contributed by atoms with Crippen LogP contribution in [0.25, 0.3) is 0 Å². The standard InChI is InChI=1S/C18H22N2OS/c1-14-17(13-21)19-8-6-18(14)22-11-10-20-9-7-15-4-2-3-5-16(15)12-20/h2-6,8,21H,7,9-13H2,1H3. The van der Waals surface area contributed by atoms with Gasteiger partial charge in [0.25, 0.3) is 0 Å². The largest absolute Gasteiger partial charge is 0.390 e. The van der Waals surface area contributed by atoms with Gasteiger partial charge in [0.05, 0.1) is 12.3 Å². The fraction of sp³-hybridized carbons (Fsp3) is 0.389. The quantitative estimate of drug-likeness (QED) is 0.861. The topological polar surface area (TPSA) is 36.4 Å². The number of aromatic nitrogens is 1. The average Bonchev–Trinajstić information content (AvgIpc) is 2.56. The van der Waals surface area contributed by atoms with Crippen molar-refractivity contribution in [3.05, 3.63) is 58.9 Å². The molecule has 3 nitrogen and oxygen atoms in total. The molecular weight excluding hydrogens is 292 g/mol. The van der Waals surface area contributed by atoms with E-state index < -0.39 is 0 Å². The van der Waals surface area contributed by atoms with Gasteiger partial charge in [0.1, 0.15) is 0 Å². The molecule has 0 amide bonds. The zero-order valence-electron chi connectivity index (χ0n) is 13.0. The first-order valence-electron chi connectivity index (χ1n) is 7.75. The summed E-state index contributed by atoms with van der Waals surface area (Å²) in [5.74, 6) is 1.07. The molecule has 4 heteroatoms. The van der Waals surface area contributed by atoms with Crippen LogP contribution < -0.4 is 0 Å². The molecular formula is C18H22N2OS. The van der Waals surface area contributed by atoms with E-state index in [0.29, 0.717) is 0 Å². The lowest BCUT2D eigenvalue weighted by Gasteiger charge is -2.28. The van der Waals surface area contributed by atoms with Crippen molar-refractivity contribution in [2.75, 3.05) is 18.8 Å². The van der Waals surface area contributed by atoms with Gasteiger partial charge < -0.3 is 5.11 Å². The smallest absolute Gasteiger partial charge is 0.0856 e. The molecule has 1 N–H and O–H groups in total. The second-order valence-electron chi connectivity index (χ2n) is 5.68. The molecule has 2 heterocycles. The Morgan fingerprint density at radius 2 is 2.05 bits per heavy atom. The number of nitrogens with zero attached hydrogens (tertiary/aromatic N) is 2. The minimum absolute atomic E-state index is 0.0170. The monoisotopic (exact) mass is 314 g/mol. The van der Waals surface area contributed by atoms with E-state index in [1.54, 1.807) is 6.20 Å². The molecule has 0 saturated carbocycles. The molecule has 1 aliphatic heterocycles. The predicted molar refractivity (Wildman–Crippen MR) is 91.0 cm³/mol. The van der Waals surface area contributed by atoms with Gasteiger partial charge in [-0.15, -0.1) is 11.8 Å². The Hall–Kier alpha value is -1.36. The van der Waals surface area contributed by atoms with Gasteiger partial charge in [-0.25, -0.2) is 0 Å². The number of hydrogen-bond acceptors (Lipinski definition) is 4. The van der Waals surface area contributed by atoms with E-state index in [1.807, 2.05) is 24.8 Å². The Balaban J connectivity index is 1.54. The van der Waals surface area contributed by atoms with Gasteiger partial charge in [0, 0.05) is 36.5 Å². The number of rotatable bonds is 5. The van der Waals surface area contributed by atoms with Crippen molar-refractivity contribution in [3.8, 4) is 0 Å². The number of pyridine rings is 1. The molecule has 1 aromatic carbocycles. The van der Waals surface area contributed by atoms with Crippen molar-refractivity contribution in [2.45, 2.75) is 31.4 Å². The van der Waals surface area contributed by atoms with Crippen LogP contribution in [0.15, 0.2) is 41.4 Å². The van der Waals surface area contributed by atoms with E-state index in [4.69, 9.17) is 0 Å². The molecule has 0 radical (unpaired) electrons. The highest BCUT2D eigenvalue weighted by Crippen LogP contribution is 2.25. The van der Waals surface area contributed by atoms with Crippen LogP contribution in [0.1, 0.15) is 22.4 Å². The van der Waals surface area contributed by atoms with Crippen molar-refractivity contribution in [1.82, 2.24) is 9.88 Å².